The third kappa shape index (κ3) is 2.91. The predicted octanol–water partition coefficient (Wildman–Crippen LogP) is 6.30. The molecule has 6 rings (SSSR count). The van der Waals surface area contributed by atoms with Crippen molar-refractivity contribution in [2.75, 3.05) is 18.9 Å². The first-order valence-electron chi connectivity index (χ1n) is 11.8. The number of carbonyl (C=O) groups is 2. The van der Waals surface area contributed by atoms with Crippen LogP contribution in [0.15, 0.2) is 78.4 Å². The lowest BCUT2D eigenvalue weighted by molar-refractivity contribution is -0.141. The molecule has 2 fully saturated rings. The van der Waals surface area contributed by atoms with Crippen molar-refractivity contribution in [1.82, 2.24) is 4.90 Å². The number of anilines is 1. The van der Waals surface area contributed by atoms with Gasteiger partial charge in [0.25, 0.3) is 5.91 Å². The number of amides is 1. The van der Waals surface area contributed by atoms with Gasteiger partial charge >= 0.3 is 0 Å². The van der Waals surface area contributed by atoms with Crippen molar-refractivity contribution in [3.63, 3.8) is 0 Å². The Morgan fingerprint density at radius 2 is 1.63 bits per heavy atom. The summed E-state index contributed by atoms with van der Waals surface area (Å²) in [6.45, 7) is 0.538. The van der Waals surface area contributed by atoms with Gasteiger partial charge in [0.15, 0.2) is 5.78 Å². The number of halogens is 2. The lowest BCUT2D eigenvalue weighted by Crippen LogP contribution is -2.57. The van der Waals surface area contributed by atoms with Crippen LogP contribution < -0.4 is 5.32 Å². The van der Waals surface area contributed by atoms with Crippen LogP contribution in [0.3, 0.4) is 0 Å². The first-order valence-corrected chi connectivity index (χ1v) is 12.5. The Bertz CT molecular complexity index is 1420. The van der Waals surface area contributed by atoms with Crippen LogP contribution in [0.5, 0.6) is 0 Å². The average Bonchev–Trinajstić information content (AvgIpc) is 3.43. The highest BCUT2D eigenvalue weighted by atomic mass is 35.5. The number of nitrogens with one attached hydrogen (secondary N) is 1. The number of benzene rings is 3. The highest BCUT2D eigenvalue weighted by Crippen LogP contribution is 2.67. The maximum atomic E-state index is 14.6. The van der Waals surface area contributed by atoms with Crippen molar-refractivity contribution < 1.29 is 9.59 Å². The van der Waals surface area contributed by atoms with Crippen molar-refractivity contribution in [2.24, 2.45) is 5.41 Å². The van der Waals surface area contributed by atoms with Gasteiger partial charge in [-0.25, -0.2) is 0 Å². The van der Waals surface area contributed by atoms with Gasteiger partial charge in [-0.05, 0) is 60.9 Å². The van der Waals surface area contributed by atoms with Crippen molar-refractivity contribution >= 4 is 46.7 Å². The molecule has 0 aromatic heterocycles. The van der Waals surface area contributed by atoms with Crippen LogP contribution in [0.25, 0.3) is 6.08 Å². The zero-order chi connectivity index (χ0) is 24.4. The van der Waals surface area contributed by atoms with Gasteiger partial charge in [0.2, 0.25) is 0 Å². The predicted molar refractivity (Wildman–Crippen MR) is 140 cm³/mol. The second kappa shape index (κ2) is 8.06. The standard InChI is InChI=1S/C29H24Cl2N2O2/c1-33-17-22(20-9-3-6-12-24(20)31)28(29(33)21-10-4-7-13-25(21)32-27(29)35)15-14-19(26(28)34)16-18-8-2-5-11-23(18)30/h2-13,16,22H,14-15,17H2,1H3,(H,32,35)/b19-16+. The second-order valence-electron chi connectivity index (χ2n) is 9.66. The Labute approximate surface area is 214 Å². The first-order chi connectivity index (χ1) is 16.9. The molecule has 0 radical (unpaired) electrons. The van der Waals surface area contributed by atoms with Crippen LogP contribution in [0.2, 0.25) is 10.0 Å². The molecule has 3 atom stereocenters. The first kappa shape index (κ1) is 22.5. The van der Waals surface area contributed by atoms with Gasteiger partial charge in [0.1, 0.15) is 5.54 Å². The minimum absolute atomic E-state index is 0.00135. The number of Topliss-reactive ketones (excluding diaryl/α,β-unsaturated/α-hetero) is 1. The molecular weight excluding hydrogens is 479 g/mol. The normalized spacial score (nSPS) is 28.9. The molecule has 1 aliphatic carbocycles. The Morgan fingerprint density at radius 3 is 2.40 bits per heavy atom. The van der Waals surface area contributed by atoms with E-state index < -0.39 is 11.0 Å². The lowest BCUT2D eigenvalue weighted by Gasteiger charge is -2.43. The molecule has 3 aromatic rings. The summed E-state index contributed by atoms with van der Waals surface area (Å²) in [4.78, 5) is 30.7. The molecule has 1 saturated heterocycles. The molecule has 2 heterocycles. The van der Waals surface area contributed by atoms with Crippen LogP contribution in [0.1, 0.15) is 35.4 Å². The minimum Gasteiger partial charge on any atom is -0.324 e. The van der Waals surface area contributed by atoms with E-state index in [-0.39, 0.29) is 17.6 Å². The number of ketones is 1. The van der Waals surface area contributed by atoms with E-state index in [2.05, 4.69) is 10.2 Å². The van der Waals surface area contributed by atoms with Gasteiger partial charge in [0, 0.05) is 33.8 Å². The van der Waals surface area contributed by atoms with E-state index in [0.717, 1.165) is 22.4 Å². The molecule has 3 unspecified atom stereocenters. The zero-order valence-electron chi connectivity index (χ0n) is 19.2. The highest BCUT2D eigenvalue weighted by molar-refractivity contribution is 6.32. The van der Waals surface area contributed by atoms with Gasteiger partial charge < -0.3 is 5.32 Å². The molecule has 176 valence electrons. The van der Waals surface area contributed by atoms with E-state index in [1.54, 1.807) is 0 Å². The van der Waals surface area contributed by atoms with E-state index in [9.17, 15) is 9.59 Å². The number of hydrogen-bond acceptors (Lipinski definition) is 3. The van der Waals surface area contributed by atoms with Gasteiger partial charge in [-0.1, -0.05) is 77.8 Å². The van der Waals surface area contributed by atoms with Crippen molar-refractivity contribution in [3.8, 4) is 0 Å². The van der Waals surface area contributed by atoms with Crippen LogP contribution in [0, 0.1) is 5.41 Å². The Kier molecular flexibility index (Phi) is 5.19. The summed E-state index contributed by atoms with van der Waals surface area (Å²) >= 11 is 13.2. The van der Waals surface area contributed by atoms with Gasteiger partial charge in [-0.2, -0.15) is 0 Å². The smallest absolute Gasteiger partial charge is 0.250 e. The Hall–Kier alpha value is -2.92. The SMILES string of the molecule is CN1CC(c2ccccc2Cl)C2(CC/C(=C\c3ccccc3Cl)C2=O)C12C(=O)Nc1ccccc12. The molecule has 4 nitrogen and oxygen atoms in total. The zero-order valence-corrected chi connectivity index (χ0v) is 20.7. The quantitative estimate of drug-likeness (QED) is 0.418. The monoisotopic (exact) mass is 502 g/mol. The molecular formula is C29H24Cl2N2O2. The number of likely N-dealkylation sites (N-methyl/N-ethyl adjacent to an activating group) is 1. The van der Waals surface area contributed by atoms with Gasteiger partial charge in [-0.3, -0.25) is 14.5 Å². The highest BCUT2D eigenvalue weighted by Gasteiger charge is 2.74. The topological polar surface area (TPSA) is 49.4 Å². The summed E-state index contributed by atoms with van der Waals surface area (Å²) in [7, 11) is 1.95. The number of hydrogen-bond donors (Lipinski definition) is 1. The van der Waals surface area contributed by atoms with Crippen LogP contribution >= 0.6 is 23.2 Å². The molecule has 35 heavy (non-hydrogen) atoms. The van der Waals surface area contributed by atoms with Crippen LogP contribution in [0.4, 0.5) is 5.69 Å². The molecule has 0 bridgehead atoms. The molecule has 3 aliphatic rings. The van der Waals surface area contributed by atoms with Crippen molar-refractivity contribution in [2.45, 2.75) is 24.3 Å². The van der Waals surface area contributed by atoms with Crippen LogP contribution in [-0.2, 0) is 15.1 Å². The fraction of sp³-hybridized carbons (Fsp3) is 0.241. The molecule has 1 saturated carbocycles. The average molecular weight is 503 g/mol. The maximum Gasteiger partial charge on any atom is 0.250 e. The number of fused-ring (bicyclic) bond motifs is 3. The van der Waals surface area contributed by atoms with E-state index in [4.69, 9.17) is 23.2 Å². The number of rotatable bonds is 2. The van der Waals surface area contributed by atoms with Gasteiger partial charge in [-0.15, -0.1) is 0 Å². The Balaban J connectivity index is 1.61. The number of carbonyl (C=O) groups excluding carboxylic acids is 2. The summed E-state index contributed by atoms with van der Waals surface area (Å²) in [6, 6.07) is 22.9. The van der Waals surface area contributed by atoms with E-state index in [1.807, 2.05) is 85.9 Å². The largest absolute Gasteiger partial charge is 0.324 e. The lowest BCUT2D eigenvalue weighted by atomic mass is 9.59. The number of nitrogens with zero attached hydrogens (tertiary/aromatic N) is 1. The number of likely N-dealkylation sites (tertiary alicyclic amines) is 1. The molecule has 3 aromatic carbocycles. The summed E-state index contributed by atoms with van der Waals surface area (Å²) in [5, 5.41) is 4.30. The molecule has 2 spiro atoms. The molecule has 1 N–H and O–H groups in total. The fourth-order valence-electron chi connectivity index (χ4n) is 6.79. The number of allylic oxidation sites excluding steroid dienone is 1. The van der Waals surface area contributed by atoms with Crippen molar-refractivity contribution in [1.29, 1.82) is 0 Å². The maximum absolute atomic E-state index is 14.6. The molecule has 2 aliphatic heterocycles. The van der Waals surface area contributed by atoms with Crippen molar-refractivity contribution in [3.05, 3.63) is 105 Å². The molecule has 1 amide bonds. The fourth-order valence-corrected chi connectivity index (χ4v) is 7.24. The Morgan fingerprint density at radius 1 is 0.943 bits per heavy atom. The third-order valence-electron chi connectivity index (χ3n) is 8.16. The minimum atomic E-state index is -1.12. The van der Waals surface area contributed by atoms with E-state index in [0.29, 0.717) is 35.0 Å². The second-order valence-corrected chi connectivity index (χ2v) is 10.5. The molecule has 6 heteroatoms. The number of para-hydroxylation sites is 1. The van der Waals surface area contributed by atoms with Gasteiger partial charge in [0.05, 0.1) is 5.41 Å². The summed E-state index contributed by atoms with van der Waals surface area (Å²) in [5.74, 6) is -0.399. The van der Waals surface area contributed by atoms with E-state index >= 15 is 0 Å². The van der Waals surface area contributed by atoms with E-state index in [1.165, 1.54) is 0 Å². The van der Waals surface area contributed by atoms with Crippen LogP contribution in [-0.4, -0.2) is 30.2 Å². The third-order valence-corrected chi connectivity index (χ3v) is 8.85. The summed E-state index contributed by atoms with van der Waals surface area (Å²) < 4.78 is 0. The summed E-state index contributed by atoms with van der Waals surface area (Å²) in [5.41, 5.74) is 1.90. The summed E-state index contributed by atoms with van der Waals surface area (Å²) in [6.07, 6.45) is 3.01.